The van der Waals surface area contributed by atoms with Gasteiger partial charge in [0.05, 0.1) is 0 Å². The van der Waals surface area contributed by atoms with Crippen molar-refractivity contribution in [2.24, 2.45) is 0 Å². The molecule has 0 saturated carbocycles. The van der Waals surface area contributed by atoms with Crippen LogP contribution >= 0.6 is 0 Å². The topological polar surface area (TPSA) is 29.1 Å². The minimum atomic E-state index is -0.0635. The van der Waals surface area contributed by atoms with E-state index in [4.69, 9.17) is 0 Å². The van der Waals surface area contributed by atoms with Crippen LogP contribution in [0.1, 0.15) is 48.0 Å². The van der Waals surface area contributed by atoms with E-state index in [1.165, 1.54) is 6.42 Å². The maximum Gasteiger partial charge on any atom is 0.170 e. The van der Waals surface area contributed by atoms with Gasteiger partial charge in [-0.05, 0) is 31.7 Å². The first-order valence-corrected chi connectivity index (χ1v) is 8.14. The van der Waals surface area contributed by atoms with Gasteiger partial charge in [-0.25, -0.2) is 0 Å². The highest BCUT2D eigenvalue weighted by Gasteiger charge is 2.28. The smallest absolute Gasteiger partial charge is 0.170 e. The third-order valence-corrected chi connectivity index (χ3v) is 4.57. The molecule has 0 aliphatic carbocycles. The number of benzene rings is 2. The Kier molecular flexibility index (Phi) is 4.69. The Labute approximate surface area is 132 Å². The van der Waals surface area contributed by atoms with Crippen LogP contribution in [0.3, 0.4) is 0 Å². The van der Waals surface area contributed by atoms with Gasteiger partial charge in [-0.2, -0.15) is 0 Å². The number of rotatable bonds is 5. The largest absolute Gasteiger partial charge is 0.311 e. The molecule has 0 aromatic heterocycles. The second kappa shape index (κ2) is 6.89. The minimum Gasteiger partial charge on any atom is -0.311 e. The average Bonchev–Trinajstić information content (AvgIpc) is 2.99. The number of hydrogen-bond acceptors (Lipinski definition) is 2. The normalized spacial score (nSPS) is 22.4. The number of nitrogens with one attached hydrogen (secondary N) is 1. The summed E-state index contributed by atoms with van der Waals surface area (Å²) in [4.78, 5) is 13.0. The second-order valence-corrected chi connectivity index (χ2v) is 6.27. The van der Waals surface area contributed by atoms with Crippen LogP contribution in [-0.2, 0) is 0 Å². The molecule has 22 heavy (non-hydrogen) atoms. The SMILES string of the molecule is CC1CCC(CC(C(=O)c2ccccc2)c2ccccc2)N1. The first-order chi connectivity index (χ1) is 10.7. The summed E-state index contributed by atoms with van der Waals surface area (Å²) in [6.07, 6.45) is 3.24. The Morgan fingerprint density at radius 3 is 2.27 bits per heavy atom. The van der Waals surface area contributed by atoms with Gasteiger partial charge in [0.2, 0.25) is 0 Å². The van der Waals surface area contributed by atoms with Crippen molar-refractivity contribution in [2.75, 3.05) is 0 Å². The number of carbonyl (C=O) groups excluding carboxylic acids is 1. The third kappa shape index (κ3) is 3.45. The van der Waals surface area contributed by atoms with E-state index >= 15 is 0 Å². The quantitative estimate of drug-likeness (QED) is 0.838. The molecule has 1 fully saturated rings. The Morgan fingerprint density at radius 2 is 1.68 bits per heavy atom. The van der Waals surface area contributed by atoms with Gasteiger partial charge in [-0.3, -0.25) is 4.79 Å². The second-order valence-electron chi connectivity index (χ2n) is 6.27. The first kappa shape index (κ1) is 15.0. The summed E-state index contributed by atoms with van der Waals surface area (Å²) in [6.45, 7) is 2.22. The maximum absolute atomic E-state index is 13.0. The number of Topliss-reactive ketones (excluding diaryl/α,β-unsaturated/α-hetero) is 1. The molecule has 1 N–H and O–H groups in total. The Morgan fingerprint density at radius 1 is 1.05 bits per heavy atom. The van der Waals surface area contributed by atoms with Crippen LogP contribution in [0.25, 0.3) is 0 Å². The van der Waals surface area contributed by atoms with Crippen LogP contribution in [-0.4, -0.2) is 17.9 Å². The van der Waals surface area contributed by atoms with Crippen molar-refractivity contribution in [3.8, 4) is 0 Å². The number of ketones is 1. The molecule has 1 heterocycles. The molecule has 1 saturated heterocycles. The van der Waals surface area contributed by atoms with Crippen LogP contribution in [0, 0.1) is 0 Å². The van der Waals surface area contributed by atoms with Gasteiger partial charge in [0.1, 0.15) is 0 Å². The summed E-state index contributed by atoms with van der Waals surface area (Å²) in [5.41, 5.74) is 1.93. The van der Waals surface area contributed by atoms with E-state index in [1.807, 2.05) is 48.5 Å². The van der Waals surface area contributed by atoms with Gasteiger partial charge in [-0.15, -0.1) is 0 Å². The highest BCUT2D eigenvalue weighted by Crippen LogP contribution is 2.29. The lowest BCUT2D eigenvalue weighted by molar-refractivity contribution is 0.0950. The monoisotopic (exact) mass is 293 g/mol. The lowest BCUT2D eigenvalue weighted by Crippen LogP contribution is -2.30. The maximum atomic E-state index is 13.0. The fourth-order valence-electron chi connectivity index (χ4n) is 3.37. The zero-order valence-corrected chi connectivity index (χ0v) is 13.0. The third-order valence-electron chi connectivity index (χ3n) is 4.57. The van der Waals surface area contributed by atoms with Gasteiger partial charge in [0, 0.05) is 23.6 Å². The summed E-state index contributed by atoms with van der Waals surface area (Å²) < 4.78 is 0. The zero-order chi connectivity index (χ0) is 15.4. The molecule has 2 heteroatoms. The van der Waals surface area contributed by atoms with Crippen LogP contribution in [0.15, 0.2) is 60.7 Å². The van der Waals surface area contributed by atoms with E-state index in [2.05, 4.69) is 24.4 Å². The van der Waals surface area contributed by atoms with E-state index in [-0.39, 0.29) is 11.7 Å². The standard InChI is InChI=1S/C20H23NO/c1-15-12-13-18(21-15)14-19(16-8-4-2-5-9-16)20(22)17-10-6-3-7-11-17/h2-11,15,18-19,21H,12-14H2,1H3. The van der Waals surface area contributed by atoms with Crippen molar-refractivity contribution in [3.63, 3.8) is 0 Å². The molecule has 2 nitrogen and oxygen atoms in total. The molecule has 3 rings (SSSR count). The molecule has 1 aliphatic heterocycles. The Balaban J connectivity index is 1.84. The van der Waals surface area contributed by atoms with Crippen molar-refractivity contribution in [1.29, 1.82) is 0 Å². The molecule has 0 radical (unpaired) electrons. The molecular weight excluding hydrogens is 270 g/mol. The van der Waals surface area contributed by atoms with Crippen LogP contribution < -0.4 is 5.32 Å². The fourth-order valence-corrected chi connectivity index (χ4v) is 3.37. The summed E-state index contributed by atoms with van der Waals surface area (Å²) >= 11 is 0. The van der Waals surface area contributed by atoms with Crippen molar-refractivity contribution >= 4 is 5.78 Å². The van der Waals surface area contributed by atoms with Crippen molar-refractivity contribution < 1.29 is 4.79 Å². The molecule has 114 valence electrons. The highest BCUT2D eigenvalue weighted by molar-refractivity contribution is 6.01. The van der Waals surface area contributed by atoms with Crippen LogP contribution in [0.5, 0.6) is 0 Å². The average molecular weight is 293 g/mol. The molecule has 3 unspecified atom stereocenters. The lowest BCUT2D eigenvalue weighted by atomic mass is 9.85. The molecule has 0 spiro atoms. The molecule has 1 aliphatic rings. The highest BCUT2D eigenvalue weighted by atomic mass is 16.1. The van der Waals surface area contributed by atoms with Crippen molar-refractivity contribution in [2.45, 2.75) is 44.2 Å². The Bertz CT molecular complexity index is 608. The van der Waals surface area contributed by atoms with Gasteiger partial charge in [0.25, 0.3) is 0 Å². The summed E-state index contributed by atoms with van der Waals surface area (Å²) in [5, 5.41) is 3.61. The molecule has 2 aromatic carbocycles. The van der Waals surface area contributed by atoms with E-state index < -0.39 is 0 Å². The number of hydrogen-bond donors (Lipinski definition) is 1. The summed E-state index contributed by atoms with van der Waals surface area (Å²) in [7, 11) is 0. The van der Waals surface area contributed by atoms with Crippen LogP contribution in [0.4, 0.5) is 0 Å². The van der Waals surface area contributed by atoms with Gasteiger partial charge >= 0.3 is 0 Å². The first-order valence-electron chi connectivity index (χ1n) is 8.14. The van der Waals surface area contributed by atoms with Gasteiger partial charge in [-0.1, -0.05) is 60.7 Å². The van der Waals surface area contributed by atoms with Gasteiger partial charge < -0.3 is 5.32 Å². The predicted molar refractivity (Wildman–Crippen MR) is 90.2 cm³/mol. The molecular formula is C20H23NO. The van der Waals surface area contributed by atoms with E-state index in [1.54, 1.807) is 0 Å². The van der Waals surface area contributed by atoms with E-state index in [9.17, 15) is 4.79 Å². The summed E-state index contributed by atoms with van der Waals surface area (Å²) in [5.74, 6) is 0.166. The van der Waals surface area contributed by atoms with E-state index in [0.29, 0.717) is 12.1 Å². The predicted octanol–water partition coefficient (Wildman–Crippen LogP) is 4.18. The van der Waals surface area contributed by atoms with Crippen LogP contribution in [0.2, 0.25) is 0 Å². The van der Waals surface area contributed by atoms with Crippen molar-refractivity contribution in [3.05, 3.63) is 71.8 Å². The van der Waals surface area contributed by atoms with Gasteiger partial charge in [0.15, 0.2) is 5.78 Å². The Hall–Kier alpha value is -1.93. The van der Waals surface area contributed by atoms with Crippen molar-refractivity contribution in [1.82, 2.24) is 5.32 Å². The zero-order valence-electron chi connectivity index (χ0n) is 13.0. The molecule has 0 amide bonds. The molecule has 2 aromatic rings. The lowest BCUT2D eigenvalue weighted by Gasteiger charge is -2.21. The fraction of sp³-hybridized carbons (Fsp3) is 0.350. The number of carbonyl (C=O) groups is 1. The minimum absolute atomic E-state index is 0.0635. The summed E-state index contributed by atoms with van der Waals surface area (Å²) in [6, 6.07) is 20.9. The molecule has 3 atom stereocenters. The molecule has 0 bridgehead atoms. The van der Waals surface area contributed by atoms with E-state index in [0.717, 1.165) is 24.0 Å².